The SMILES string of the molecule is CC(=O)C(C)CCC1CCCC[C@@H]1O. The zero-order valence-corrected chi connectivity index (χ0v) is 9.33. The first-order valence-electron chi connectivity index (χ1n) is 5.79. The van der Waals surface area contributed by atoms with Crippen molar-refractivity contribution in [2.45, 2.75) is 58.5 Å². The molecule has 3 atom stereocenters. The lowest BCUT2D eigenvalue weighted by Gasteiger charge is -2.28. The Bertz CT molecular complexity index is 189. The Balaban J connectivity index is 2.25. The van der Waals surface area contributed by atoms with Crippen LogP contribution in [0.4, 0.5) is 0 Å². The summed E-state index contributed by atoms with van der Waals surface area (Å²) in [6, 6.07) is 0. The van der Waals surface area contributed by atoms with Gasteiger partial charge in [0.2, 0.25) is 0 Å². The molecule has 0 bridgehead atoms. The monoisotopic (exact) mass is 198 g/mol. The van der Waals surface area contributed by atoms with Crippen LogP contribution in [0.3, 0.4) is 0 Å². The Morgan fingerprint density at radius 2 is 2.07 bits per heavy atom. The van der Waals surface area contributed by atoms with Crippen LogP contribution in [0.1, 0.15) is 52.4 Å². The molecule has 1 N–H and O–H groups in total. The second-order valence-electron chi connectivity index (χ2n) is 4.70. The predicted octanol–water partition coefficient (Wildman–Crippen LogP) is 2.54. The maximum Gasteiger partial charge on any atom is 0.132 e. The van der Waals surface area contributed by atoms with Gasteiger partial charge in [0, 0.05) is 5.92 Å². The predicted molar refractivity (Wildman–Crippen MR) is 57.0 cm³/mol. The largest absolute Gasteiger partial charge is 0.393 e. The van der Waals surface area contributed by atoms with E-state index in [2.05, 4.69) is 0 Å². The Hall–Kier alpha value is -0.370. The first kappa shape index (κ1) is 11.7. The van der Waals surface area contributed by atoms with Gasteiger partial charge in [-0.3, -0.25) is 4.79 Å². The maximum absolute atomic E-state index is 11.0. The molecule has 1 rings (SSSR count). The van der Waals surface area contributed by atoms with Crippen LogP contribution in [0.5, 0.6) is 0 Å². The van der Waals surface area contributed by atoms with E-state index < -0.39 is 0 Å². The van der Waals surface area contributed by atoms with Gasteiger partial charge in [0.25, 0.3) is 0 Å². The normalized spacial score (nSPS) is 29.9. The molecular weight excluding hydrogens is 176 g/mol. The fourth-order valence-corrected chi connectivity index (χ4v) is 2.19. The molecule has 1 aliphatic rings. The molecule has 0 spiro atoms. The highest BCUT2D eigenvalue weighted by atomic mass is 16.3. The standard InChI is InChI=1S/C12H22O2/c1-9(10(2)13)7-8-11-5-3-4-6-12(11)14/h9,11-12,14H,3-8H2,1-2H3/t9?,11?,12-/m0/s1. The molecule has 2 nitrogen and oxygen atoms in total. The van der Waals surface area contributed by atoms with Crippen molar-refractivity contribution in [2.75, 3.05) is 0 Å². The zero-order chi connectivity index (χ0) is 10.6. The highest BCUT2D eigenvalue weighted by Crippen LogP contribution is 2.29. The minimum atomic E-state index is -0.108. The molecule has 0 saturated heterocycles. The van der Waals surface area contributed by atoms with Crippen LogP contribution in [-0.2, 0) is 4.79 Å². The second-order valence-corrected chi connectivity index (χ2v) is 4.70. The molecule has 0 aromatic rings. The van der Waals surface area contributed by atoms with Crippen molar-refractivity contribution in [3.05, 3.63) is 0 Å². The van der Waals surface area contributed by atoms with Gasteiger partial charge in [-0.05, 0) is 38.5 Å². The molecule has 0 heterocycles. The quantitative estimate of drug-likeness (QED) is 0.753. The van der Waals surface area contributed by atoms with Crippen LogP contribution < -0.4 is 0 Å². The van der Waals surface area contributed by atoms with E-state index in [-0.39, 0.29) is 17.8 Å². The zero-order valence-electron chi connectivity index (χ0n) is 9.33. The summed E-state index contributed by atoms with van der Waals surface area (Å²) < 4.78 is 0. The van der Waals surface area contributed by atoms with Crippen molar-refractivity contribution in [2.24, 2.45) is 11.8 Å². The van der Waals surface area contributed by atoms with Crippen molar-refractivity contribution in [1.82, 2.24) is 0 Å². The van der Waals surface area contributed by atoms with E-state index in [1.165, 1.54) is 12.8 Å². The van der Waals surface area contributed by atoms with Crippen molar-refractivity contribution in [3.63, 3.8) is 0 Å². The van der Waals surface area contributed by atoms with E-state index in [4.69, 9.17) is 0 Å². The smallest absolute Gasteiger partial charge is 0.132 e. The Kier molecular flexibility index (Phi) is 4.59. The second kappa shape index (κ2) is 5.50. The van der Waals surface area contributed by atoms with Gasteiger partial charge in [-0.1, -0.05) is 19.8 Å². The van der Waals surface area contributed by atoms with E-state index in [0.717, 1.165) is 25.7 Å². The summed E-state index contributed by atoms with van der Waals surface area (Å²) in [7, 11) is 0. The van der Waals surface area contributed by atoms with Crippen molar-refractivity contribution in [1.29, 1.82) is 0 Å². The van der Waals surface area contributed by atoms with Gasteiger partial charge in [0.15, 0.2) is 0 Å². The lowest BCUT2D eigenvalue weighted by atomic mass is 9.82. The molecule has 1 aliphatic carbocycles. The molecule has 82 valence electrons. The van der Waals surface area contributed by atoms with Crippen LogP contribution in [0.25, 0.3) is 0 Å². The van der Waals surface area contributed by atoms with E-state index in [0.29, 0.717) is 5.92 Å². The van der Waals surface area contributed by atoms with E-state index in [1.54, 1.807) is 6.92 Å². The summed E-state index contributed by atoms with van der Waals surface area (Å²) in [4.78, 5) is 11.0. The number of aliphatic hydroxyl groups is 1. The molecule has 0 aromatic heterocycles. The number of carbonyl (C=O) groups is 1. The molecule has 0 amide bonds. The summed E-state index contributed by atoms with van der Waals surface area (Å²) in [5.41, 5.74) is 0. The first-order chi connectivity index (χ1) is 6.61. The van der Waals surface area contributed by atoms with Crippen molar-refractivity contribution >= 4 is 5.78 Å². The number of aliphatic hydroxyl groups excluding tert-OH is 1. The number of hydrogen-bond acceptors (Lipinski definition) is 2. The Labute approximate surface area is 86.7 Å². The summed E-state index contributed by atoms with van der Waals surface area (Å²) >= 11 is 0. The molecule has 1 fully saturated rings. The number of ketones is 1. The van der Waals surface area contributed by atoms with Gasteiger partial charge >= 0.3 is 0 Å². The highest BCUT2D eigenvalue weighted by Gasteiger charge is 2.23. The van der Waals surface area contributed by atoms with Gasteiger partial charge in [0.05, 0.1) is 6.10 Å². The molecular formula is C12H22O2. The Morgan fingerprint density at radius 1 is 1.43 bits per heavy atom. The Morgan fingerprint density at radius 3 is 2.64 bits per heavy atom. The van der Waals surface area contributed by atoms with Crippen molar-refractivity contribution < 1.29 is 9.90 Å². The minimum absolute atomic E-state index is 0.108. The maximum atomic E-state index is 11.0. The summed E-state index contributed by atoms with van der Waals surface area (Å²) in [5.74, 6) is 0.893. The summed E-state index contributed by atoms with van der Waals surface area (Å²) in [6.07, 6.45) is 6.36. The molecule has 2 heteroatoms. The van der Waals surface area contributed by atoms with Gasteiger partial charge in [-0.15, -0.1) is 0 Å². The van der Waals surface area contributed by atoms with E-state index in [9.17, 15) is 9.90 Å². The number of carbonyl (C=O) groups excluding carboxylic acids is 1. The molecule has 0 aliphatic heterocycles. The van der Waals surface area contributed by atoms with Crippen LogP contribution in [0.2, 0.25) is 0 Å². The lowest BCUT2D eigenvalue weighted by molar-refractivity contribution is -0.120. The molecule has 2 unspecified atom stereocenters. The van der Waals surface area contributed by atoms with Gasteiger partial charge in [-0.25, -0.2) is 0 Å². The average Bonchev–Trinajstić information content (AvgIpc) is 2.16. The third-order valence-corrected chi connectivity index (χ3v) is 3.53. The van der Waals surface area contributed by atoms with Gasteiger partial charge in [0.1, 0.15) is 5.78 Å². The third-order valence-electron chi connectivity index (χ3n) is 3.53. The minimum Gasteiger partial charge on any atom is -0.393 e. The number of hydrogen-bond donors (Lipinski definition) is 1. The van der Waals surface area contributed by atoms with E-state index in [1.807, 2.05) is 6.92 Å². The van der Waals surface area contributed by atoms with Crippen LogP contribution in [0.15, 0.2) is 0 Å². The fourth-order valence-electron chi connectivity index (χ4n) is 2.19. The van der Waals surface area contributed by atoms with Crippen molar-refractivity contribution in [3.8, 4) is 0 Å². The third kappa shape index (κ3) is 3.41. The van der Waals surface area contributed by atoms with Gasteiger partial charge < -0.3 is 5.11 Å². The van der Waals surface area contributed by atoms with Crippen LogP contribution >= 0.6 is 0 Å². The summed E-state index contributed by atoms with van der Waals surface area (Å²) in [6.45, 7) is 3.64. The fraction of sp³-hybridized carbons (Fsp3) is 0.917. The van der Waals surface area contributed by atoms with Crippen LogP contribution in [0, 0.1) is 11.8 Å². The number of Topliss-reactive ketones (excluding diaryl/α,β-unsaturated/α-hetero) is 1. The number of rotatable bonds is 4. The van der Waals surface area contributed by atoms with E-state index >= 15 is 0 Å². The average molecular weight is 198 g/mol. The molecule has 1 saturated carbocycles. The first-order valence-corrected chi connectivity index (χ1v) is 5.79. The van der Waals surface area contributed by atoms with Gasteiger partial charge in [-0.2, -0.15) is 0 Å². The molecule has 14 heavy (non-hydrogen) atoms. The molecule has 0 radical (unpaired) electrons. The molecule has 0 aromatic carbocycles. The highest BCUT2D eigenvalue weighted by molar-refractivity contribution is 5.77. The topological polar surface area (TPSA) is 37.3 Å². The lowest BCUT2D eigenvalue weighted by Crippen LogP contribution is -2.25. The summed E-state index contributed by atoms with van der Waals surface area (Å²) in [5, 5.41) is 9.74. The van der Waals surface area contributed by atoms with Crippen LogP contribution in [-0.4, -0.2) is 17.0 Å².